The van der Waals surface area contributed by atoms with E-state index in [4.69, 9.17) is 10.00 Å². The van der Waals surface area contributed by atoms with Gasteiger partial charge >= 0.3 is 0 Å². The van der Waals surface area contributed by atoms with E-state index in [2.05, 4.69) is 28.1 Å². The van der Waals surface area contributed by atoms with E-state index in [1.54, 1.807) is 19.4 Å². The number of nitrogens with zero attached hydrogens (tertiary/aromatic N) is 3. The number of aryl methyl sites for hydroxylation is 1. The maximum Gasteiger partial charge on any atom is 0.128 e. The van der Waals surface area contributed by atoms with Gasteiger partial charge in [0.1, 0.15) is 17.6 Å². The highest BCUT2D eigenvalue weighted by atomic mass is 16.5. The first-order valence-corrected chi connectivity index (χ1v) is 6.93. The third-order valence-corrected chi connectivity index (χ3v) is 3.39. The Labute approximate surface area is 125 Å². The van der Waals surface area contributed by atoms with Crippen LogP contribution in [0.15, 0.2) is 42.6 Å². The van der Waals surface area contributed by atoms with Crippen molar-refractivity contribution in [3.63, 3.8) is 0 Å². The first-order valence-electron chi connectivity index (χ1n) is 6.93. The van der Waals surface area contributed by atoms with Gasteiger partial charge in [0, 0.05) is 19.8 Å². The van der Waals surface area contributed by atoms with Crippen molar-refractivity contribution in [2.45, 2.75) is 12.8 Å². The molecule has 4 heteroatoms. The van der Waals surface area contributed by atoms with Crippen LogP contribution in [0.2, 0.25) is 0 Å². The summed E-state index contributed by atoms with van der Waals surface area (Å²) in [5.41, 5.74) is 1.89. The molecule has 0 saturated carbocycles. The molecular weight excluding hydrogens is 262 g/mol. The number of nitriles is 1. The van der Waals surface area contributed by atoms with Crippen molar-refractivity contribution in [1.82, 2.24) is 4.98 Å². The highest BCUT2D eigenvalue weighted by molar-refractivity contribution is 5.41. The van der Waals surface area contributed by atoms with Crippen LogP contribution in [-0.2, 0) is 6.42 Å². The van der Waals surface area contributed by atoms with Crippen molar-refractivity contribution < 1.29 is 4.74 Å². The number of ether oxygens (including phenoxy) is 1. The first kappa shape index (κ1) is 14.9. The molecule has 0 spiro atoms. The fourth-order valence-corrected chi connectivity index (χ4v) is 2.11. The largest absolute Gasteiger partial charge is 0.497 e. The molecule has 2 rings (SSSR count). The first-order chi connectivity index (χ1) is 10.2. The topological polar surface area (TPSA) is 49.1 Å². The molecule has 0 saturated heterocycles. The average molecular weight is 281 g/mol. The Hall–Kier alpha value is -2.54. The lowest BCUT2D eigenvalue weighted by atomic mass is 10.1. The fraction of sp³-hybridized carbons (Fsp3) is 0.294. The van der Waals surface area contributed by atoms with Gasteiger partial charge in [0.2, 0.25) is 0 Å². The van der Waals surface area contributed by atoms with Gasteiger partial charge in [0.05, 0.1) is 12.7 Å². The maximum absolute atomic E-state index is 8.76. The third kappa shape index (κ3) is 4.22. The summed E-state index contributed by atoms with van der Waals surface area (Å²) in [4.78, 5) is 6.39. The summed E-state index contributed by atoms with van der Waals surface area (Å²) < 4.78 is 5.15. The van der Waals surface area contributed by atoms with E-state index in [1.165, 1.54) is 5.56 Å². The molecule has 2 aromatic rings. The Morgan fingerprint density at radius 3 is 2.52 bits per heavy atom. The SMILES string of the molecule is COc1ccc(CCCN(C)c2ccc(C#N)cn2)cc1. The summed E-state index contributed by atoms with van der Waals surface area (Å²) in [6.07, 6.45) is 3.67. The zero-order chi connectivity index (χ0) is 15.1. The minimum atomic E-state index is 0.588. The van der Waals surface area contributed by atoms with Gasteiger partial charge in [-0.15, -0.1) is 0 Å². The minimum Gasteiger partial charge on any atom is -0.497 e. The van der Waals surface area contributed by atoms with Gasteiger partial charge in [-0.25, -0.2) is 4.98 Å². The zero-order valence-electron chi connectivity index (χ0n) is 12.4. The van der Waals surface area contributed by atoms with Crippen LogP contribution in [0.25, 0.3) is 0 Å². The van der Waals surface area contributed by atoms with Gasteiger partial charge in [-0.05, 0) is 42.7 Å². The summed E-state index contributed by atoms with van der Waals surface area (Å²) in [5.74, 6) is 1.78. The van der Waals surface area contributed by atoms with Gasteiger partial charge in [0.15, 0.2) is 0 Å². The maximum atomic E-state index is 8.76. The van der Waals surface area contributed by atoms with Gasteiger partial charge in [-0.2, -0.15) is 5.26 Å². The van der Waals surface area contributed by atoms with Gasteiger partial charge < -0.3 is 9.64 Å². The zero-order valence-corrected chi connectivity index (χ0v) is 12.4. The Morgan fingerprint density at radius 1 is 1.19 bits per heavy atom. The highest BCUT2D eigenvalue weighted by Crippen LogP contribution is 2.14. The van der Waals surface area contributed by atoms with E-state index in [0.717, 1.165) is 31.0 Å². The standard InChI is InChI=1S/C17H19N3O/c1-20(17-10-7-15(12-18)13-19-17)11-3-4-14-5-8-16(21-2)9-6-14/h5-10,13H,3-4,11H2,1-2H3. The molecule has 1 heterocycles. The lowest BCUT2D eigenvalue weighted by molar-refractivity contribution is 0.414. The summed E-state index contributed by atoms with van der Waals surface area (Å²) in [7, 11) is 3.69. The summed E-state index contributed by atoms with van der Waals surface area (Å²) in [6.45, 7) is 0.922. The van der Waals surface area contributed by atoms with E-state index in [1.807, 2.05) is 25.2 Å². The smallest absolute Gasteiger partial charge is 0.128 e. The van der Waals surface area contributed by atoms with Gasteiger partial charge in [-0.1, -0.05) is 12.1 Å². The highest BCUT2D eigenvalue weighted by Gasteiger charge is 2.03. The second-order valence-corrected chi connectivity index (χ2v) is 4.89. The van der Waals surface area contributed by atoms with Crippen molar-refractivity contribution in [2.75, 3.05) is 25.6 Å². The van der Waals surface area contributed by atoms with Crippen molar-refractivity contribution in [2.24, 2.45) is 0 Å². The molecule has 4 nitrogen and oxygen atoms in total. The predicted octanol–water partition coefficient (Wildman–Crippen LogP) is 3.03. The molecule has 0 aliphatic rings. The van der Waals surface area contributed by atoms with E-state index in [0.29, 0.717) is 5.56 Å². The molecule has 0 amide bonds. The molecule has 0 bridgehead atoms. The number of methoxy groups -OCH3 is 1. The lowest BCUT2D eigenvalue weighted by Gasteiger charge is -2.17. The summed E-state index contributed by atoms with van der Waals surface area (Å²) >= 11 is 0. The van der Waals surface area contributed by atoms with Crippen LogP contribution in [0.3, 0.4) is 0 Å². The fourth-order valence-electron chi connectivity index (χ4n) is 2.11. The van der Waals surface area contributed by atoms with Crippen LogP contribution in [0.1, 0.15) is 17.5 Å². The van der Waals surface area contributed by atoms with Crippen LogP contribution in [0, 0.1) is 11.3 Å². The predicted molar refractivity (Wildman–Crippen MR) is 83.5 cm³/mol. The number of aromatic nitrogens is 1. The van der Waals surface area contributed by atoms with E-state index in [-0.39, 0.29) is 0 Å². The van der Waals surface area contributed by atoms with Crippen LogP contribution < -0.4 is 9.64 Å². The summed E-state index contributed by atoms with van der Waals surface area (Å²) in [5, 5.41) is 8.76. The second-order valence-electron chi connectivity index (χ2n) is 4.89. The van der Waals surface area contributed by atoms with Crippen molar-refractivity contribution >= 4 is 5.82 Å². The molecule has 0 radical (unpaired) electrons. The Balaban J connectivity index is 1.82. The molecule has 21 heavy (non-hydrogen) atoms. The van der Waals surface area contributed by atoms with E-state index in [9.17, 15) is 0 Å². The molecule has 0 N–H and O–H groups in total. The van der Waals surface area contributed by atoms with E-state index < -0.39 is 0 Å². The minimum absolute atomic E-state index is 0.588. The Morgan fingerprint density at radius 2 is 1.95 bits per heavy atom. The molecule has 0 aliphatic heterocycles. The third-order valence-electron chi connectivity index (χ3n) is 3.39. The molecule has 1 aromatic carbocycles. The molecule has 108 valence electrons. The molecule has 0 aliphatic carbocycles. The van der Waals surface area contributed by atoms with Crippen LogP contribution >= 0.6 is 0 Å². The van der Waals surface area contributed by atoms with Crippen molar-refractivity contribution in [1.29, 1.82) is 5.26 Å². The monoisotopic (exact) mass is 281 g/mol. The number of anilines is 1. The van der Waals surface area contributed by atoms with Gasteiger partial charge in [0.25, 0.3) is 0 Å². The van der Waals surface area contributed by atoms with Gasteiger partial charge in [-0.3, -0.25) is 0 Å². The molecule has 0 unspecified atom stereocenters. The molecule has 0 atom stereocenters. The normalized spacial score (nSPS) is 9.95. The molecular formula is C17H19N3O. The van der Waals surface area contributed by atoms with Crippen LogP contribution in [0.5, 0.6) is 5.75 Å². The number of pyridine rings is 1. The number of hydrogen-bond acceptors (Lipinski definition) is 4. The number of benzene rings is 1. The number of rotatable bonds is 6. The molecule has 1 aromatic heterocycles. The Bertz CT molecular complexity index is 599. The summed E-state index contributed by atoms with van der Waals surface area (Å²) in [6, 6.07) is 13.9. The lowest BCUT2D eigenvalue weighted by Crippen LogP contribution is -2.20. The second kappa shape index (κ2) is 7.30. The van der Waals surface area contributed by atoms with Crippen molar-refractivity contribution in [3.05, 3.63) is 53.7 Å². The quantitative estimate of drug-likeness (QED) is 0.816. The van der Waals surface area contributed by atoms with E-state index >= 15 is 0 Å². The van der Waals surface area contributed by atoms with Crippen molar-refractivity contribution in [3.8, 4) is 11.8 Å². The number of hydrogen-bond donors (Lipinski definition) is 0. The average Bonchev–Trinajstić information content (AvgIpc) is 2.55. The van der Waals surface area contributed by atoms with Crippen LogP contribution in [-0.4, -0.2) is 25.7 Å². The molecule has 0 fully saturated rings. The van der Waals surface area contributed by atoms with Crippen LogP contribution in [0.4, 0.5) is 5.82 Å². The Kier molecular flexibility index (Phi) is 5.16.